The van der Waals surface area contributed by atoms with Crippen molar-refractivity contribution in [3.05, 3.63) is 52.3 Å². The standard InChI is InChI=1S/C17H14Cl2N4O2/c1-20-14-6-4-9-10(3-5-13(25-2)15(9)22-14)17(24)23-16-11(18)7-21-8-12(16)19/h3-8H,1-2H3,(H,20,22)(H,21,23,24). The summed E-state index contributed by atoms with van der Waals surface area (Å²) in [5, 5.41) is 6.86. The van der Waals surface area contributed by atoms with Crippen LogP contribution in [0.25, 0.3) is 10.9 Å². The number of carbonyl (C=O) groups excluding carboxylic acids is 1. The molecule has 0 radical (unpaired) electrons. The molecule has 0 atom stereocenters. The van der Waals surface area contributed by atoms with Crippen molar-refractivity contribution in [2.45, 2.75) is 0 Å². The third-order valence-electron chi connectivity index (χ3n) is 3.63. The molecule has 0 aliphatic rings. The SMILES string of the molecule is CNc1ccc2c(C(=O)Nc3c(Cl)cncc3Cl)ccc(OC)c2n1. The number of carbonyl (C=O) groups is 1. The van der Waals surface area contributed by atoms with E-state index in [1.807, 2.05) is 0 Å². The van der Waals surface area contributed by atoms with Crippen LogP contribution in [0, 0.1) is 0 Å². The predicted octanol–water partition coefficient (Wildman–Crippen LogP) is 4.24. The number of nitrogens with zero attached hydrogens (tertiary/aromatic N) is 2. The summed E-state index contributed by atoms with van der Waals surface area (Å²) in [7, 11) is 3.32. The zero-order valence-electron chi connectivity index (χ0n) is 13.4. The van der Waals surface area contributed by atoms with E-state index >= 15 is 0 Å². The van der Waals surface area contributed by atoms with Gasteiger partial charge in [0.05, 0.1) is 22.8 Å². The maximum atomic E-state index is 12.8. The number of fused-ring (bicyclic) bond motifs is 1. The molecule has 0 aliphatic carbocycles. The predicted molar refractivity (Wildman–Crippen MR) is 100 cm³/mol. The van der Waals surface area contributed by atoms with Gasteiger partial charge in [-0.1, -0.05) is 23.2 Å². The van der Waals surface area contributed by atoms with Crippen LogP contribution in [0.5, 0.6) is 5.75 Å². The number of benzene rings is 1. The summed E-state index contributed by atoms with van der Waals surface area (Å²) in [6.07, 6.45) is 2.83. The zero-order chi connectivity index (χ0) is 18.0. The lowest BCUT2D eigenvalue weighted by molar-refractivity contribution is 0.102. The van der Waals surface area contributed by atoms with Crippen molar-refractivity contribution in [2.75, 3.05) is 24.8 Å². The Bertz CT molecular complexity index is 943. The largest absolute Gasteiger partial charge is 0.494 e. The molecule has 25 heavy (non-hydrogen) atoms. The van der Waals surface area contributed by atoms with Crippen molar-refractivity contribution in [1.29, 1.82) is 0 Å². The first-order valence-corrected chi connectivity index (χ1v) is 8.06. The molecule has 6 nitrogen and oxygen atoms in total. The Morgan fingerprint density at radius 1 is 1.12 bits per heavy atom. The average molecular weight is 377 g/mol. The number of anilines is 2. The van der Waals surface area contributed by atoms with Crippen molar-refractivity contribution in [3.63, 3.8) is 0 Å². The Hall–Kier alpha value is -2.57. The van der Waals surface area contributed by atoms with E-state index in [1.54, 1.807) is 38.4 Å². The van der Waals surface area contributed by atoms with Gasteiger partial charge in [-0.25, -0.2) is 4.98 Å². The fourth-order valence-corrected chi connectivity index (χ4v) is 2.86. The molecule has 2 aromatic heterocycles. The van der Waals surface area contributed by atoms with E-state index in [-0.39, 0.29) is 16.0 Å². The number of nitrogens with one attached hydrogen (secondary N) is 2. The quantitative estimate of drug-likeness (QED) is 0.711. The highest BCUT2D eigenvalue weighted by Crippen LogP contribution is 2.32. The van der Waals surface area contributed by atoms with Gasteiger partial charge in [-0.3, -0.25) is 9.78 Å². The number of ether oxygens (including phenoxy) is 1. The van der Waals surface area contributed by atoms with Gasteiger partial charge in [-0.05, 0) is 24.3 Å². The highest BCUT2D eigenvalue weighted by atomic mass is 35.5. The monoisotopic (exact) mass is 376 g/mol. The van der Waals surface area contributed by atoms with Crippen LogP contribution >= 0.6 is 23.2 Å². The Morgan fingerprint density at radius 3 is 2.48 bits per heavy atom. The van der Waals surface area contributed by atoms with E-state index in [0.717, 1.165) is 0 Å². The minimum atomic E-state index is -0.360. The second kappa shape index (κ2) is 7.13. The molecule has 2 heterocycles. The van der Waals surface area contributed by atoms with Crippen molar-refractivity contribution < 1.29 is 9.53 Å². The molecule has 2 N–H and O–H groups in total. The Balaban J connectivity index is 2.08. The maximum Gasteiger partial charge on any atom is 0.256 e. The van der Waals surface area contributed by atoms with Crippen molar-refractivity contribution in [2.24, 2.45) is 0 Å². The van der Waals surface area contributed by atoms with Crippen LogP contribution in [0.2, 0.25) is 10.0 Å². The lowest BCUT2D eigenvalue weighted by Crippen LogP contribution is -2.13. The van der Waals surface area contributed by atoms with Gasteiger partial charge in [-0.15, -0.1) is 0 Å². The van der Waals surface area contributed by atoms with Crippen LogP contribution in [0.3, 0.4) is 0 Å². The van der Waals surface area contributed by atoms with Gasteiger partial charge in [0.25, 0.3) is 5.91 Å². The van der Waals surface area contributed by atoms with Gasteiger partial charge >= 0.3 is 0 Å². The van der Waals surface area contributed by atoms with E-state index in [4.69, 9.17) is 27.9 Å². The Kier molecular flexibility index (Phi) is 4.92. The molecule has 3 rings (SSSR count). The fraction of sp³-hybridized carbons (Fsp3) is 0.118. The van der Waals surface area contributed by atoms with E-state index < -0.39 is 0 Å². The van der Waals surface area contributed by atoms with Crippen LogP contribution < -0.4 is 15.4 Å². The molecule has 0 unspecified atom stereocenters. The molecule has 1 amide bonds. The lowest BCUT2D eigenvalue weighted by Gasteiger charge is -2.12. The minimum absolute atomic E-state index is 0.259. The zero-order valence-corrected chi connectivity index (χ0v) is 14.9. The van der Waals surface area contributed by atoms with Crippen LogP contribution in [-0.2, 0) is 0 Å². The van der Waals surface area contributed by atoms with Gasteiger partial charge in [0.15, 0.2) is 0 Å². The highest BCUT2D eigenvalue weighted by molar-refractivity contribution is 6.39. The maximum absolute atomic E-state index is 12.8. The first-order valence-electron chi connectivity index (χ1n) is 7.31. The molecular formula is C17H14Cl2N4O2. The summed E-state index contributed by atoms with van der Waals surface area (Å²) >= 11 is 12.1. The highest BCUT2D eigenvalue weighted by Gasteiger charge is 2.17. The fourth-order valence-electron chi connectivity index (χ4n) is 2.41. The molecule has 0 saturated carbocycles. The van der Waals surface area contributed by atoms with E-state index in [2.05, 4.69) is 20.6 Å². The number of hydrogen-bond acceptors (Lipinski definition) is 5. The number of hydrogen-bond donors (Lipinski definition) is 2. The molecule has 3 aromatic rings. The summed E-state index contributed by atoms with van der Waals surface area (Å²) in [5.74, 6) is 0.883. The van der Waals surface area contributed by atoms with Gasteiger partial charge < -0.3 is 15.4 Å². The summed E-state index contributed by atoms with van der Waals surface area (Å²) in [5.41, 5.74) is 1.32. The van der Waals surface area contributed by atoms with E-state index in [1.165, 1.54) is 12.4 Å². The molecule has 0 aliphatic heterocycles. The molecule has 0 saturated heterocycles. The Morgan fingerprint density at radius 2 is 1.84 bits per heavy atom. The minimum Gasteiger partial charge on any atom is -0.494 e. The molecule has 0 spiro atoms. The van der Waals surface area contributed by atoms with Crippen molar-refractivity contribution >= 4 is 51.5 Å². The van der Waals surface area contributed by atoms with E-state index in [0.29, 0.717) is 33.7 Å². The van der Waals surface area contributed by atoms with Crippen molar-refractivity contribution in [1.82, 2.24) is 9.97 Å². The molecule has 8 heteroatoms. The third kappa shape index (κ3) is 3.31. The van der Waals surface area contributed by atoms with Crippen LogP contribution in [-0.4, -0.2) is 30.0 Å². The summed E-state index contributed by atoms with van der Waals surface area (Å²) in [6, 6.07) is 6.95. The number of methoxy groups -OCH3 is 1. The number of pyridine rings is 2. The Labute approximate surface area is 154 Å². The third-order valence-corrected chi connectivity index (χ3v) is 4.21. The van der Waals surface area contributed by atoms with Gasteiger partial charge in [-0.2, -0.15) is 0 Å². The molecular weight excluding hydrogens is 363 g/mol. The lowest BCUT2D eigenvalue weighted by atomic mass is 10.1. The van der Waals surface area contributed by atoms with E-state index in [9.17, 15) is 4.79 Å². The van der Waals surface area contributed by atoms with Gasteiger partial charge in [0.2, 0.25) is 0 Å². The normalized spacial score (nSPS) is 10.6. The van der Waals surface area contributed by atoms with Gasteiger partial charge in [0, 0.05) is 30.4 Å². The van der Waals surface area contributed by atoms with Crippen LogP contribution in [0.15, 0.2) is 36.7 Å². The molecule has 128 valence electrons. The average Bonchev–Trinajstić information content (AvgIpc) is 2.63. The summed E-state index contributed by atoms with van der Waals surface area (Å²) in [6.45, 7) is 0. The van der Waals surface area contributed by atoms with Crippen molar-refractivity contribution in [3.8, 4) is 5.75 Å². The number of halogens is 2. The first-order chi connectivity index (χ1) is 12.0. The smallest absolute Gasteiger partial charge is 0.256 e. The molecule has 0 bridgehead atoms. The number of aromatic nitrogens is 2. The second-order valence-electron chi connectivity index (χ2n) is 5.09. The molecule has 1 aromatic carbocycles. The van der Waals surface area contributed by atoms with Gasteiger partial charge in [0.1, 0.15) is 17.1 Å². The first kappa shape index (κ1) is 17.3. The number of rotatable bonds is 4. The second-order valence-corrected chi connectivity index (χ2v) is 5.90. The number of amides is 1. The van der Waals surface area contributed by atoms with Crippen LogP contribution in [0.4, 0.5) is 11.5 Å². The summed E-state index contributed by atoms with van der Waals surface area (Å²) in [4.78, 5) is 21.1. The summed E-state index contributed by atoms with van der Waals surface area (Å²) < 4.78 is 5.35. The molecule has 0 fully saturated rings. The van der Waals surface area contributed by atoms with Crippen LogP contribution in [0.1, 0.15) is 10.4 Å². The topological polar surface area (TPSA) is 76.1 Å².